The van der Waals surface area contributed by atoms with Gasteiger partial charge >= 0.3 is 5.97 Å². The molecule has 1 fully saturated rings. The molecule has 1 aliphatic heterocycles. The second-order valence-electron chi connectivity index (χ2n) is 6.59. The van der Waals surface area contributed by atoms with Crippen LogP contribution >= 0.6 is 22.9 Å². The van der Waals surface area contributed by atoms with E-state index in [0.717, 1.165) is 0 Å². The summed E-state index contributed by atoms with van der Waals surface area (Å²) in [5, 5.41) is 4.94. The number of amides is 2. The molecule has 0 radical (unpaired) electrons. The van der Waals surface area contributed by atoms with Crippen molar-refractivity contribution in [2.45, 2.75) is 25.9 Å². The number of ether oxygens (including phenoxy) is 1. The van der Waals surface area contributed by atoms with E-state index in [1.807, 2.05) is 11.4 Å². The number of anilines is 1. The van der Waals surface area contributed by atoms with Gasteiger partial charge in [0.05, 0.1) is 21.5 Å². The maximum absolute atomic E-state index is 12.4. The topological polar surface area (TPSA) is 75.7 Å². The van der Waals surface area contributed by atoms with Crippen LogP contribution in [-0.4, -0.2) is 41.9 Å². The molecule has 1 aliphatic rings. The Labute approximate surface area is 172 Å². The highest BCUT2D eigenvalue weighted by atomic mass is 35.5. The van der Waals surface area contributed by atoms with Crippen molar-refractivity contribution in [2.24, 2.45) is 5.92 Å². The van der Waals surface area contributed by atoms with E-state index in [1.54, 1.807) is 35.2 Å². The Bertz CT molecular complexity index is 848. The minimum absolute atomic E-state index is 0.00528. The first-order chi connectivity index (χ1) is 13.5. The van der Waals surface area contributed by atoms with Crippen LogP contribution in [0, 0.1) is 5.92 Å². The smallest absolute Gasteiger partial charge is 0.309 e. The third-order valence-electron chi connectivity index (χ3n) is 4.64. The number of nitrogens with one attached hydrogen (secondary N) is 1. The molecule has 1 saturated heterocycles. The van der Waals surface area contributed by atoms with E-state index in [-0.39, 0.29) is 11.8 Å². The molecule has 1 aromatic heterocycles. The fraction of sp³-hybridized carbons (Fsp3) is 0.350. The molecule has 1 aromatic carbocycles. The van der Waals surface area contributed by atoms with E-state index < -0.39 is 18.0 Å². The lowest BCUT2D eigenvalue weighted by Crippen LogP contribution is -2.41. The normalized spacial score (nSPS) is 15.7. The highest BCUT2D eigenvalue weighted by Gasteiger charge is 2.31. The van der Waals surface area contributed by atoms with Gasteiger partial charge in [0.15, 0.2) is 6.10 Å². The van der Waals surface area contributed by atoms with Gasteiger partial charge < -0.3 is 15.0 Å². The van der Waals surface area contributed by atoms with Crippen molar-refractivity contribution in [3.63, 3.8) is 0 Å². The maximum atomic E-state index is 12.4. The molecular formula is C20H21ClN2O4S. The van der Waals surface area contributed by atoms with E-state index in [0.29, 0.717) is 41.5 Å². The van der Waals surface area contributed by atoms with Crippen molar-refractivity contribution < 1.29 is 19.1 Å². The number of hydrogen-bond acceptors (Lipinski definition) is 5. The number of para-hydroxylation sites is 1. The lowest BCUT2D eigenvalue weighted by molar-refractivity contribution is -0.158. The first-order valence-corrected chi connectivity index (χ1v) is 10.3. The molecule has 0 bridgehead atoms. The molecule has 1 N–H and O–H groups in total. The number of carbonyl (C=O) groups is 3. The lowest BCUT2D eigenvalue weighted by Gasteiger charge is -2.31. The second-order valence-corrected chi connectivity index (χ2v) is 7.95. The second kappa shape index (κ2) is 9.21. The van der Waals surface area contributed by atoms with Gasteiger partial charge in [-0.3, -0.25) is 14.4 Å². The summed E-state index contributed by atoms with van der Waals surface area (Å²) >= 11 is 7.43. The summed E-state index contributed by atoms with van der Waals surface area (Å²) in [6, 6.07) is 10.5. The average Bonchev–Trinajstić information content (AvgIpc) is 3.24. The first-order valence-electron chi connectivity index (χ1n) is 9.04. The molecule has 0 unspecified atom stereocenters. The van der Waals surface area contributed by atoms with Gasteiger partial charge in [-0.25, -0.2) is 0 Å². The Morgan fingerprint density at radius 1 is 1.18 bits per heavy atom. The van der Waals surface area contributed by atoms with Crippen molar-refractivity contribution in [3.8, 4) is 0 Å². The van der Waals surface area contributed by atoms with Gasteiger partial charge in [0.2, 0.25) is 0 Å². The van der Waals surface area contributed by atoms with Crippen LogP contribution in [0.25, 0.3) is 0 Å². The van der Waals surface area contributed by atoms with Crippen LogP contribution in [0.5, 0.6) is 0 Å². The zero-order chi connectivity index (χ0) is 20.1. The average molecular weight is 421 g/mol. The van der Waals surface area contributed by atoms with Crippen LogP contribution in [-0.2, 0) is 14.3 Å². The highest BCUT2D eigenvalue weighted by molar-refractivity contribution is 7.12. The van der Waals surface area contributed by atoms with Gasteiger partial charge in [-0.05, 0) is 43.3 Å². The van der Waals surface area contributed by atoms with E-state index in [1.165, 1.54) is 18.3 Å². The summed E-state index contributed by atoms with van der Waals surface area (Å²) in [5.74, 6) is -1.17. The van der Waals surface area contributed by atoms with Gasteiger partial charge in [0, 0.05) is 13.1 Å². The number of likely N-dealkylation sites (tertiary alicyclic amines) is 1. The summed E-state index contributed by atoms with van der Waals surface area (Å²) in [4.78, 5) is 39.5. The standard InChI is InChI=1S/C20H21ClN2O4S/c1-13(18(24)22-16-6-3-2-5-15(16)21)27-20(26)14-8-10-23(11-9-14)19(25)17-7-4-12-28-17/h2-7,12-14H,8-11H2,1H3,(H,22,24)/t13-/m0/s1. The van der Waals surface area contributed by atoms with E-state index in [9.17, 15) is 14.4 Å². The number of piperidine rings is 1. The number of esters is 1. The molecule has 2 amide bonds. The number of carbonyl (C=O) groups excluding carboxylic acids is 3. The van der Waals surface area contributed by atoms with Crippen molar-refractivity contribution in [1.82, 2.24) is 4.90 Å². The molecule has 148 valence electrons. The molecule has 28 heavy (non-hydrogen) atoms. The third-order valence-corrected chi connectivity index (χ3v) is 5.83. The Kier molecular flexibility index (Phi) is 6.70. The fourth-order valence-corrected chi connectivity index (χ4v) is 3.87. The largest absolute Gasteiger partial charge is 0.452 e. The van der Waals surface area contributed by atoms with Gasteiger partial charge in [-0.2, -0.15) is 0 Å². The Morgan fingerprint density at radius 3 is 2.54 bits per heavy atom. The molecule has 2 aromatic rings. The van der Waals surface area contributed by atoms with Crippen LogP contribution < -0.4 is 5.32 Å². The predicted molar refractivity (Wildman–Crippen MR) is 109 cm³/mol. The van der Waals surface area contributed by atoms with Crippen LogP contribution in [0.2, 0.25) is 5.02 Å². The highest BCUT2D eigenvalue weighted by Crippen LogP contribution is 2.23. The van der Waals surface area contributed by atoms with Crippen LogP contribution in [0.4, 0.5) is 5.69 Å². The molecule has 0 aliphatic carbocycles. The van der Waals surface area contributed by atoms with Gasteiger partial charge in [-0.15, -0.1) is 11.3 Å². The van der Waals surface area contributed by atoms with Crippen LogP contribution in [0.3, 0.4) is 0 Å². The molecule has 0 spiro atoms. The third kappa shape index (κ3) is 4.91. The number of hydrogen-bond donors (Lipinski definition) is 1. The minimum atomic E-state index is -0.936. The van der Waals surface area contributed by atoms with Crippen LogP contribution in [0.1, 0.15) is 29.4 Å². The van der Waals surface area contributed by atoms with Gasteiger partial charge in [-0.1, -0.05) is 29.8 Å². The number of rotatable bonds is 5. The minimum Gasteiger partial charge on any atom is -0.452 e. The quantitative estimate of drug-likeness (QED) is 0.746. The number of benzene rings is 1. The Morgan fingerprint density at radius 2 is 1.89 bits per heavy atom. The number of halogens is 1. The molecule has 3 rings (SSSR count). The van der Waals surface area contributed by atoms with E-state index in [2.05, 4.69) is 5.32 Å². The fourth-order valence-electron chi connectivity index (χ4n) is 3.00. The molecule has 6 nitrogen and oxygen atoms in total. The van der Waals surface area contributed by atoms with Gasteiger partial charge in [0.1, 0.15) is 0 Å². The van der Waals surface area contributed by atoms with E-state index >= 15 is 0 Å². The number of thiophene rings is 1. The first kappa shape index (κ1) is 20.4. The molecule has 0 saturated carbocycles. The molecule has 1 atom stereocenters. The van der Waals surface area contributed by atoms with Crippen molar-refractivity contribution >= 4 is 46.4 Å². The van der Waals surface area contributed by atoms with Crippen LogP contribution in [0.15, 0.2) is 41.8 Å². The van der Waals surface area contributed by atoms with Crippen molar-refractivity contribution in [2.75, 3.05) is 18.4 Å². The predicted octanol–water partition coefficient (Wildman–Crippen LogP) is 3.82. The lowest BCUT2D eigenvalue weighted by atomic mass is 9.97. The molecular weight excluding hydrogens is 400 g/mol. The summed E-state index contributed by atoms with van der Waals surface area (Å²) in [5.41, 5.74) is 0.470. The summed E-state index contributed by atoms with van der Waals surface area (Å²) in [7, 11) is 0. The zero-order valence-corrected chi connectivity index (χ0v) is 17.0. The Hall–Kier alpha value is -2.38. The molecule has 2 heterocycles. The monoisotopic (exact) mass is 420 g/mol. The Balaban J connectivity index is 1.48. The summed E-state index contributed by atoms with van der Waals surface area (Å²) in [6.45, 7) is 2.52. The zero-order valence-electron chi connectivity index (χ0n) is 15.4. The molecule has 8 heteroatoms. The van der Waals surface area contributed by atoms with Gasteiger partial charge in [0.25, 0.3) is 11.8 Å². The SMILES string of the molecule is C[C@H](OC(=O)C1CCN(C(=O)c2cccs2)CC1)C(=O)Nc1ccccc1Cl. The van der Waals surface area contributed by atoms with Crippen molar-refractivity contribution in [1.29, 1.82) is 0 Å². The van der Waals surface area contributed by atoms with E-state index in [4.69, 9.17) is 16.3 Å². The maximum Gasteiger partial charge on any atom is 0.309 e. The summed E-state index contributed by atoms with van der Waals surface area (Å²) < 4.78 is 5.34. The number of nitrogens with zero attached hydrogens (tertiary/aromatic N) is 1. The van der Waals surface area contributed by atoms with Crippen molar-refractivity contribution in [3.05, 3.63) is 51.7 Å². The summed E-state index contributed by atoms with van der Waals surface area (Å²) in [6.07, 6.45) is 0.110.